The number of hydrogen-bond donors (Lipinski definition) is 1. The fourth-order valence-corrected chi connectivity index (χ4v) is 3.33. The SMILES string of the molecule is C[C@@H](CCN1CCN(CC(C)(C)O)[C@@H](C)C1)c1ccccc1. The van der Waals surface area contributed by atoms with Gasteiger partial charge in [-0.3, -0.25) is 4.90 Å². The first-order valence-corrected chi connectivity index (χ1v) is 8.59. The van der Waals surface area contributed by atoms with Gasteiger partial charge in [-0.05, 0) is 45.2 Å². The molecule has 22 heavy (non-hydrogen) atoms. The molecule has 1 aromatic rings. The highest BCUT2D eigenvalue weighted by Gasteiger charge is 2.27. The van der Waals surface area contributed by atoms with E-state index in [0.29, 0.717) is 12.0 Å². The smallest absolute Gasteiger partial charge is 0.0718 e. The molecule has 0 bridgehead atoms. The Morgan fingerprint density at radius 1 is 1.23 bits per heavy atom. The monoisotopic (exact) mass is 304 g/mol. The fraction of sp³-hybridized carbons (Fsp3) is 0.684. The third kappa shape index (κ3) is 5.38. The molecule has 1 aliphatic rings. The van der Waals surface area contributed by atoms with Gasteiger partial charge in [-0.25, -0.2) is 0 Å². The molecule has 0 spiro atoms. The number of rotatable bonds is 6. The zero-order valence-corrected chi connectivity index (χ0v) is 14.6. The second kappa shape index (κ2) is 7.58. The molecule has 1 saturated heterocycles. The van der Waals surface area contributed by atoms with E-state index in [1.165, 1.54) is 12.0 Å². The Labute approximate surface area is 135 Å². The van der Waals surface area contributed by atoms with Crippen LogP contribution in [0.3, 0.4) is 0 Å². The summed E-state index contributed by atoms with van der Waals surface area (Å²) in [6, 6.07) is 11.3. The molecule has 0 unspecified atom stereocenters. The lowest BCUT2D eigenvalue weighted by molar-refractivity contribution is -0.00393. The maximum atomic E-state index is 10.0. The van der Waals surface area contributed by atoms with E-state index in [2.05, 4.69) is 54.0 Å². The van der Waals surface area contributed by atoms with Crippen LogP contribution < -0.4 is 0 Å². The molecule has 1 aliphatic heterocycles. The molecule has 1 heterocycles. The molecule has 1 fully saturated rings. The van der Waals surface area contributed by atoms with Crippen LogP contribution in [-0.2, 0) is 0 Å². The van der Waals surface area contributed by atoms with Crippen LogP contribution >= 0.6 is 0 Å². The van der Waals surface area contributed by atoms with Gasteiger partial charge in [-0.2, -0.15) is 0 Å². The summed E-state index contributed by atoms with van der Waals surface area (Å²) in [6.45, 7) is 13.6. The Morgan fingerprint density at radius 3 is 2.50 bits per heavy atom. The number of β-amino-alcohol motifs (C(OH)–C–C–N with tert-alkyl or cyclic N) is 1. The zero-order chi connectivity index (χ0) is 16.2. The van der Waals surface area contributed by atoms with E-state index >= 15 is 0 Å². The third-order valence-corrected chi connectivity index (χ3v) is 4.69. The summed E-state index contributed by atoms with van der Waals surface area (Å²) in [7, 11) is 0. The van der Waals surface area contributed by atoms with Crippen molar-refractivity contribution in [1.29, 1.82) is 0 Å². The third-order valence-electron chi connectivity index (χ3n) is 4.69. The molecule has 2 rings (SSSR count). The van der Waals surface area contributed by atoms with Crippen LogP contribution in [0.4, 0.5) is 0 Å². The van der Waals surface area contributed by atoms with E-state index < -0.39 is 5.60 Å². The van der Waals surface area contributed by atoms with Crippen LogP contribution in [0.5, 0.6) is 0 Å². The first-order valence-electron chi connectivity index (χ1n) is 8.59. The highest BCUT2D eigenvalue weighted by atomic mass is 16.3. The van der Waals surface area contributed by atoms with E-state index in [-0.39, 0.29) is 0 Å². The highest BCUT2D eigenvalue weighted by Crippen LogP contribution is 2.20. The largest absolute Gasteiger partial charge is 0.389 e. The van der Waals surface area contributed by atoms with E-state index in [1.807, 2.05) is 13.8 Å². The lowest BCUT2D eigenvalue weighted by atomic mass is 9.97. The second-order valence-corrected chi connectivity index (χ2v) is 7.53. The van der Waals surface area contributed by atoms with Crippen molar-refractivity contribution in [3.63, 3.8) is 0 Å². The molecule has 2 atom stereocenters. The zero-order valence-electron chi connectivity index (χ0n) is 14.6. The molecule has 1 N–H and O–H groups in total. The Kier molecular flexibility index (Phi) is 6.01. The summed E-state index contributed by atoms with van der Waals surface area (Å²) in [5.74, 6) is 0.617. The van der Waals surface area contributed by atoms with Gasteiger partial charge in [-0.1, -0.05) is 37.3 Å². The van der Waals surface area contributed by atoms with E-state index in [1.54, 1.807) is 0 Å². The molecule has 1 aromatic carbocycles. The minimum absolute atomic E-state index is 0.521. The summed E-state index contributed by atoms with van der Waals surface area (Å²) in [5, 5.41) is 10.0. The van der Waals surface area contributed by atoms with Crippen LogP contribution in [0.15, 0.2) is 30.3 Å². The molecule has 0 saturated carbocycles. The van der Waals surface area contributed by atoms with Gasteiger partial charge in [0.05, 0.1) is 5.60 Å². The molecule has 0 aliphatic carbocycles. The van der Waals surface area contributed by atoms with Crippen LogP contribution in [0.2, 0.25) is 0 Å². The van der Waals surface area contributed by atoms with Gasteiger partial charge >= 0.3 is 0 Å². The van der Waals surface area contributed by atoms with E-state index in [0.717, 1.165) is 32.7 Å². The van der Waals surface area contributed by atoms with Crippen molar-refractivity contribution < 1.29 is 5.11 Å². The minimum atomic E-state index is -0.599. The Balaban J connectivity index is 1.77. The minimum Gasteiger partial charge on any atom is -0.389 e. The van der Waals surface area contributed by atoms with Crippen molar-refractivity contribution in [3.05, 3.63) is 35.9 Å². The number of benzene rings is 1. The Bertz CT molecular complexity index is 440. The highest BCUT2D eigenvalue weighted by molar-refractivity contribution is 5.18. The van der Waals surface area contributed by atoms with Gasteiger partial charge in [0, 0.05) is 32.2 Å². The van der Waals surface area contributed by atoms with Gasteiger partial charge in [0.15, 0.2) is 0 Å². The molecular formula is C19H32N2O. The molecule has 0 radical (unpaired) electrons. The summed E-state index contributed by atoms with van der Waals surface area (Å²) < 4.78 is 0. The van der Waals surface area contributed by atoms with Gasteiger partial charge in [0.2, 0.25) is 0 Å². The first-order chi connectivity index (χ1) is 10.3. The van der Waals surface area contributed by atoms with Crippen LogP contribution in [0.1, 0.15) is 45.6 Å². The molecule has 124 valence electrons. The number of aliphatic hydroxyl groups is 1. The van der Waals surface area contributed by atoms with E-state index in [9.17, 15) is 5.11 Å². The maximum Gasteiger partial charge on any atom is 0.0718 e. The molecule has 3 heteroatoms. The standard InChI is InChI=1S/C19H32N2O/c1-16(18-8-6-5-7-9-18)10-11-20-12-13-21(17(2)14-20)15-19(3,4)22/h5-9,16-17,22H,10-15H2,1-4H3/t16-,17-/m0/s1. The average molecular weight is 304 g/mol. The summed E-state index contributed by atoms with van der Waals surface area (Å²) >= 11 is 0. The van der Waals surface area contributed by atoms with E-state index in [4.69, 9.17) is 0 Å². The normalized spacial score (nSPS) is 22.7. The summed E-state index contributed by atoms with van der Waals surface area (Å²) in [5.41, 5.74) is 0.842. The molecule has 0 aromatic heterocycles. The van der Waals surface area contributed by atoms with Crippen LogP contribution in [0, 0.1) is 0 Å². The second-order valence-electron chi connectivity index (χ2n) is 7.53. The van der Waals surface area contributed by atoms with Crippen molar-refractivity contribution in [2.45, 2.75) is 51.7 Å². The van der Waals surface area contributed by atoms with Gasteiger partial charge in [-0.15, -0.1) is 0 Å². The predicted octanol–water partition coefficient (Wildman–Crippen LogP) is 2.96. The van der Waals surface area contributed by atoms with Gasteiger partial charge < -0.3 is 10.0 Å². The summed E-state index contributed by atoms with van der Waals surface area (Å²) in [4.78, 5) is 4.99. The topological polar surface area (TPSA) is 26.7 Å². The number of hydrogen-bond acceptors (Lipinski definition) is 3. The first kappa shape index (κ1) is 17.5. The fourth-order valence-electron chi connectivity index (χ4n) is 3.33. The maximum absolute atomic E-state index is 10.0. The lowest BCUT2D eigenvalue weighted by Crippen LogP contribution is -2.55. The molecule has 0 amide bonds. The van der Waals surface area contributed by atoms with Gasteiger partial charge in [0.1, 0.15) is 0 Å². The summed E-state index contributed by atoms with van der Waals surface area (Å²) in [6.07, 6.45) is 1.21. The van der Waals surface area contributed by atoms with Crippen LogP contribution in [0.25, 0.3) is 0 Å². The van der Waals surface area contributed by atoms with Crippen molar-refractivity contribution in [1.82, 2.24) is 9.80 Å². The number of nitrogens with zero attached hydrogens (tertiary/aromatic N) is 2. The van der Waals surface area contributed by atoms with Crippen molar-refractivity contribution in [2.75, 3.05) is 32.7 Å². The van der Waals surface area contributed by atoms with Crippen molar-refractivity contribution >= 4 is 0 Å². The predicted molar refractivity (Wildman–Crippen MR) is 93.2 cm³/mol. The Morgan fingerprint density at radius 2 is 1.91 bits per heavy atom. The quantitative estimate of drug-likeness (QED) is 0.875. The van der Waals surface area contributed by atoms with Crippen LogP contribution in [-0.4, -0.2) is 59.3 Å². The lowest BCUT2D eigenvalue weighted by Gasteiger charge is -2.42. The van der Waals surface area contributed by atoms with Gasteiger partial charge in [0.25, 0.3) is 0 Å². The number of piperazine rings is 1. The molecular weight excluding hydrogens is 272 g/mol. The Hall–Kier alpha value is -0.900. The van der Waals surface area contributed by atoms with Crippen molar-refractivity contribution in [3.8, 4) is 0 Å². The van der Waals surface area contributed by atoms with Crippen molar-refractivity contribution in [2.24, 2.45) is 0 Å². The average Bonchev–Trinajstić information content (AvgIpc) is 2.47. The molecule has 3 nitrogen and oxygen atoms in total.